The molecule has 0 saturated heterocycles. The predicted molar refractivity (Wildman–Crippen MR) is 52.1 cm³/mol. The molecule has 0 amide bonds. The lowest BCUT2D eigenvalue weighted by molar-refractivity contribution is -0.274. The zero-order valence-electron chi connectivity index (χ0n) is 8.42. The summed E-state index contributed by atoms with van der Waals surface area (Å²) in [5.74, 6) is -0.378. The van der Waals surface area contributed by atoms with Gasteiger partial charge in [0.1, 0.15) is 5.75 Å². The molecule has 0 aliphatic carbocycles. The molecule has 5 nitrogen and oxygen atoms in total. The van der Waals surface area contributed by atoms with E-state index in [0.717, 1.165) is 12.1 Å². The maximum atomic E-state index is 11.8. The number of hydrogen-bond acceptors (Lipinski definition) is 3. The van der Waals surface area contributed by atoms with E-state index in [1.165, 1.54) is 12.1 Å². The summed E-state index contributed by atoms with van der Waals surface area (Å²) in [6.45, 7) is -0.185. The fourth-order valence-corrected chi connectivity index (χ4v) is 1.11. The van der Waals surface area contributed by atoms with E-state index in [2.05, 4.69) is 14.8 Å². The fraction of sp³-hybridized carbons (Fsp3) is 0.333. The second-order valence-corrected chi connectivity index (χ2v) is 3.05. The number of nitrogens with zero attached hydrogens (tertiary/aromatic N) is 3. The van der Waals surface area contributed by atoms with Crippen molar-refractivity contribution in [3.05, 3.63) is 40.3 Å². The van der Waals surface area contributed by atoms with Crippen LogP contribution in [0.25, 0.3) is 10.4 Å². The molecule has 1 aromatic carbocycles. The second-order valence-electron chi connectivity index (χ2n) is 3.05. The van der Waals surface area contributed by atoms with Crippen molar-refractivity contribution in [2.75, 3.05) is 6.54 Å². The summed E-state index contributed by atoms with van der Waals surface area (Å²) >= 11 is 0. The molecular formula is C9H8F3N3O2. The monoisotopic (exact) mass is 247 g/mol. The van der Waals surface area contributed by atoms with Crippen molar-refractivity contribution in [3.8, 4) is 5.75 Å². The number of aliphatic hydroxyl groups is 1. The molecule has 0 spiro atoms. The van der Waals surface area contributed by atoms with Gasteiger partial charge in [0.2, 0.25) is 0 Å². The molecule has 0 saturated carbocycles. The summed E-state index contributed by atoms with van der Waals surface area (Å²) in [6, 6.07) is 4.67. The molecule has 0 aromatic heterocycles. The highest BCUT2D eigenvalue weighted by molar-refractivity contribution is 5.28. The second kappa shape index (κ2) is 5.42. The first-order valence-electron chi connectivity index (χ1n) is 4.47. The summed E-state index contributed by atoms with van der Waals surface area (Å²) in [4.78, 5) is 2.46. The first-order chi connectivity index (χ1) is 7.92. The Kier molecular flexibility index (Phi) is 4.19. The van der Waals surface area contributed by atoms with Gasteiger partial charge in [-0.1, -0.05) is 17.2 Å². The van der Waals surface area contributed by atoms with Crippen LogP contribution in [-0.2, 0) is 0 Å². The zero-order valence-corrected chi connectivity index (χ0v) is 8.42. The van der Waals surface area contributed by atoms with Crippen molar-refractivity contribution in [1.82, 2.24) is 0 Å². The summed E-state index contributed by atoms with van der Waals surface area (Å²) in [6.07, 6.45) is -5.79. The van der Waals surface area contributed by atoms with Crippen LogP contribution in [0.1, 0.15) is 11.7 Å². The highest BCUT2D eigenvalue weighted by Gasteiger charge is 2.30. The smallest absolute Gasteiger partial charge is 0.406 e. The number of rotatable bonds is 4. The van der Waals surface area contributed by atoms with Crippen LogP contribution in [0, 0.1) is 0 Å². The standard InChI is InChI=1S/C9H8F3N3O2/c10-9(11,12)17-7-3-1-6(2-4-7)8(16)5-14-15-13/h1-4,8,16H,5H2. The molecule has 17 heavy (non-hydrogen) atoms. The molecule has 1 unspecified atom stereocenters. The van der Waals surface area contributed by atoms with Gasteiger partial charge < -0.3 is 9.84 Å². The van der Waals surface area contributed by atoms with Gasteiger partial charge in [0.25, 0.3) is 0 Å². The van der Waals surface area contributed by atoms with Gasteiger partial charge >= 0.3 is 6.36 Å². The van der Waals surface area contributed by atoms with E-state index in [-0.39, 0.29) is 12.3 Å². The van der Waals surface area contributed by atoms with Crippen LogP contribution in [-0.4, -0.2) is 18.0 Å². The van der Waals surface area contributed by atoms with E-state index in [4.69, 9.17) is 5.53 Å². The Hall–Kier alpha value is -1.92. The number of ether oxygens (including phenoxy) is 1. The highest BCUT2D eigenvalue weighted by Crippen LogP contribution is 2.24. The molecule has 92 valence electrons. The summed E-state index contributed by atoms with van der Waals surface area (Å²) < 4.78 is 39.2. The van der Waals surface area contributed by atoms with Gasteiger partial charge in [0, 0.05) is 4.91 Å². The Bertz CT molecular complexity index is 412. The number of halogens is 3. The normalized spacial score (nSPS) is 12.7. The topological polar surface area (TPSA) is 78.2 Å². The Labute approximate surface area is 94.1 Å². The summed E-state index contributed by atoms with van der Waals surface area (Å²) in [7, 11) is 0. The van der Waals surface area contributed by atoms with Gasteiger partial charge in [0.15, 0.2) is 0 Å². The first-order valence-corrected chi connectivity index (χ1v) is 4.47. The van der Waals surface area contributed by atoms with Crippen LogP contribution in [0.2, 0.25) is 0 Å². The minimum atomic E-state index is -4.74. The Balaban J connectivity index is 2.70. The van der Waals surface area contributed by atoms with Crippen LogP contribution in [0.4, 0.5) is 13.2 Å². The SMILES string of the molecule is [N-]=[N+]=NCC(O)c1ccc(OC(F)(F)F)cc1. The molecule has 0 heterocycles. The molecule has 1 aromatic rings. The van der Waals surface area contributed by atoms with Gasteiger partial charge in [-0.2, -0.15) is 0 Å². The van der Waals surface area contributed by atoms with Crippen LogP contribution >= 0.6 is 0 Å². The minimum absolute atomic E-state index is 0.185. The molecule has 0 aliphatic heterocycles. The lowest BCUT2D eigenvalue weighted by Gasteiger charge is -2.11. The molecule has 0 aliphatic rings. The van der Waals surface area contributed by atoms with Crippen LogP contribution in [0.3, 0.4) is 0 Å². The molecule has 1 rings (SSSR count). The van der Waals surface area contributed by atoms with E-state index < -0.39 is 12.5 Å². The third kappa shape index (κ3) is 4.62. The van der Waals surface area contributed by atoms with Crippen molar-refractivity contribution in [2.24, 2.45) is 5.11 Å². The van der Waals surface area contributed by atoms with Crippen LogP contribution in [0.15, 0.2) is 29.4 Å². The minimum Gasteiger partial charge on any atom is -0.406 e. The van der Waals surface area contributed by atoms with Crippen molar-refractivity contribution >= 4 is 0 Å². The Morgan fingerprint density at radius 3 is 2.41 bits per heavy atom. The largest absolute Gasteiger partial charge is 0.573 e. The van der Waals surface area contributed by atoms with Crippen molar-refractivity contribution in [2.45, 2.75) is 12.5 Å². The van der Waals surface area contributed by atoms with Gasteiger partial charge in [-0.25, -0.2) is 0 Å². The number of azide groups is 1. The molecule has 8 heteroatoms. The molecule has 0 fully saturated rings. The van der Waals surface area contributed by atoms with E-state index in [9.17, 15) is 18.3 Å². The third-order valence-corrected chi connectivity index (χ3v) is 1.82. The maximum absolute atomic E-state index is 11.8. The van der Waals surface area contributed by atoms with Crippen LogP contribution in [0.5, 0.6) is 5.75 Å². The maximum Gasteiger partial charge on any atom is 0.573 e. The van der Waals surface area contributed by atoms with E-state index in [1.54, 1.807) is 0 Å². The number of alkyl halides is 3. The van der Waals surface area contributed by atoms with Crippen LogP contribution < -0.4 is 4.74 Å². The van der Waals surface area contributed by atoms with E-state index >= 15 is 0 Å². The quantitative estimate of drug-likeness (QED) is 0.504. The average molecular weight is 247 g/mol. The third-order valence-electron chi connectivity index (χ3n) is 1.82. The molecular weight excluding hydrogens is 239 g/mol. The molecule has 0 radical (unpaired) electrons. The van der Waals surface area contributed by atoms with Crippen molar-refractivity contribution < 1.29 is 23.0 Å². The average Bonchev–Trinajstić information content (AvgIpc) is 2.24. The fourth-order valence-electron chi connectivity index (χ4n) is 1.11. The molecule has 0 bridgehead atoms. The van der Waals surface area contributed by atoms with Crippen molar-refractivity contribution in [1.29, 1.82) is 0 Å². The molecule has 1 N–H and O–H groups in total. The lowest BCUT2D eigenvalue weighted by Crippen LogP contribution is -2.17. The number of hydrogen-bond donors (Lipinski definition) is 1. The lowest BCUT2D eigenvalue weighted by atomic mass is 10.1. The zero-order chi connectivity index (χ0) is 12.9. The van der Waals surface area contributed by atoms with Gasteiger partial charge in [-0.05, 0) is 23.2 Å². The number of aliphatic hydroxyl groups excluding tert-OH is 1. The van der Waals surface area contributed by atoms with Gasteiger partial charge in [-0.3, -0.25) is 0 Å². The first kappa shape index (κ1) is 13.1. The van der Waals surface area contributed by atoms with E-state index in [0.29, 0.717) is 5.56 Å². The number of benzene rings is 1. The Morgan fingerprint density at radius 1 is 1.35 bits per heavy atom. The predicted octanol–water partition coefficient (Wildman–Crippen LogP) is 2.93. The van der Waals surface area contributed by atoms with Crippen molar-refractivity contribution in [3.63, 3.8) is 0 Å². The Morgan fingerprint density at radius 2 is 1.94 bits per heavy atom. The molecule has 1 atom stereocenters. The highest BCUT2D eigenvalue weighted by atomic mass is 19.4. The van der Waals surface area contributed by atoms with Gasteiger partial charge in [-0.15, -0.1) is 13.2 Å². The van der Waals surface area contributed by atoms with E-state index in [1.807, 2.05) is 0 Å². The summed E-state index contributed by atoms with van der Waals surface area (Å²) in [5.41, 5.74) is 8.38. The van der Waals surface area contributed by atoms with Gasteiger partial charge in [0.05, 0.1) is 12.6 Å². The summed E-state index contributed by atoms with van der Waals surface area (Å²) in [5, 5.41) is 12.6.